The van der Waals surface area contributed by atoms with Crippen LogP contribution in [-0.4, -0.2) is 82.8 Å². The Kier molecular flexibility index (Phi) is 13.0. The predicted molar refractivity (Wildman–Crippen MR) is 131 cm³/mol. The molecule has 1 aliphatic rings. The zero-order valence-electron chi connectivity index (χ0n) is 21.1. The SMILES string of the molecule is CC(C)C(NC(=O)OC(C)(C)C)C(=O)NC(COC(F)F)C(=O)N1CCCC(C(=O)OCC(Cl)(Cl)Cl)N1. The largest absolute Gasteiger partial charge is 0.460 e. The second-order valence-electron chi connectivity index (χ2n) is 9.56. The van der Waals surface area contributed by atoms with Crippen molar-refractivity contribution in [3.63, 3.8) is 0 Å². The zero-order chi connectivity index (χ0) is 28.6. The van der Waals surface area contributed by atoms with Crippen molar-refractivity contribution in [1.82, 2.24) is 21.1 Å². The van der Waals surface area contributed by atoms with Gasteiger partial charge in [-0.2, -0.15) is 8.78 Å². The van der Waals surface area contributed by atoms with Crippen molar-refractivity contribution >= 4 is 58.7 Å². The maximum absolute atomic E-state index is 13.1. The van der Waals surface area contributed by atoms with Crippen LogP contribution >= 0.6 is 34.8 Å². The van der Waals surface area contributed by atoms with Crippen LogP contribution in [0.3, 0.4) is 0 Å². The number of halogens is 5. The first kappa shape index (κ1) is 33.4. The molecule has 0 aromatic rings. The van der Waals surface area contributed by atoms with Gasteiger partial charge in [-0.3, -0.25) is 19.4 Å². The Labute approximate surface area is 229 Å². The molecule has 1 fully saturated rings. The Bertz CT molecular complexity index is 810. The fourth-order valence-electron chi connectivity index (χ4n) is 3.13. The maximum Gasteiger partial charge on any atom is 0.408 e. The lowest BCUT2D eigenvalue weighted by Crippen LogP contribution is -2.62. The quantitative estimate of drug-likeness (QED) is 0.258. The second-order valence-corrected chi connectivity index (χ2v) is 12.1. The summed E-state index contributed by atoms with van der Waals surface area (Å²) in [4.78, 5) is 50.6. The van der Waals surface area contributed by atoms with Crippen molar-refractivity contribution in [3.8, 4) is 0 Å². The van der Waals surface area contributed by atoms with Crippen molar-refractivity contribution in [3.05, 3.63) is 0 Å². The van der Waals surface area contributed by atoms with E-state index in [0.717, 1.165) is 5.01 Å². The Morgan fingerprint density at radius 3 is 2.24 bits per heavy atom. The van der Waals surface area contributed by atoms with Crippen molar-refractivity contribution in [2.45, 2.75) is 81.6 Å². The van der Waals surface area contributed by atoms with E-state index in [1.54, 1.807) is 34.6 Å². The van der Waals surface area contributed by atoms with E-state index in [1.165, 1.54) is 0 Å². The van der Waals surface area contributed by atoms with Crippen LogP contribution in [0.4, 0.5) is 13.6 Å². The highest BCUT2D eigenvalue weighted by Crippen LogP contribution is 2.26. The standard InChI is InChI=1S/C21H33Cl3F2N4O7/c1-11(2)14(28-19(34)37-20(3,4)5)15(31)27-13(9-35-18(25)26)16(32)30-8-6-7-12(29-30)17(33)36-10-21(22,23)24/h11-14,18,29H,6-10H2,1-5H3,(H,27,31)(H,28,34). The summed E-state index contributed by atoms with van der Waals surface area (Å²) in [6.07, 6.45) is -0.248. The first-order valence-electron chi connectivity index (χ1n) is 11.4. The lowest BCUT2D eigenvalue weighted by molar-refractivity contribution is -0.159. The molecule has 0 aromatic carbocycles. The molecule has 0 spiro atoms. The smallest absolute Gasteiger partial charge is 0.408 e. The van der Waals surface area contributed by atoms with Crippen molar-refractivity contribution in [2.24, 2.45) is 5.92 Å². The number of hydrazine groups is 1. The van der Waals surface area contributed by atoms with Gasteiger partial charge in [0, 0.05) is 6.54 Å². The number of amides is 3. The van der Waals surface area contributed by atoms with Gasteiger partial charge >= 0.3 is 18.7 Å². The van der Waals surface area contributed by atoms with E-state index >= 15 is 0 Å². The molecule has 3 amide bonds. The minimum atomic E-state index is -3.22. The van der Waals surface area contributed by atoms with Gasteiger partial charge in [-0.25, -0.2) is 10.2 Å². The molecule has 0 aromatic heterocycles. The number of ether oxygens (including phenoxy) is 3. The summed E-state index contributed by atoms with van der Waals surface area (Å²) < 4.78 is 38.1. The molecule has 37 heavy (non-hydrogen) atoms. The Hall–Kier alpha value is -1.67. The van der Waals surface area contributed by atoms with Crippen LogP contribution in [-0.2, 0) is 28.6 Å². The number of hydrogen-bond donors (Lipinski definition) is 3. The molecule has 11 nitrogen and oxygen atoms in total. The summed E-state index contributed by atoms with van der Waals surface area (Å²) in [6, 6.07) is -3.73. The first-order valence-corrected chi connectivity index (χ1v) is 12.5. The van der Waals surface area contributed by atoms with E-state index in [-0.39, 0.29) is 13.0 Å². The van der Waals surface area contributed by atoms with Crippen LogP contribution in [0.1, 0.15) is 47.5 Å². The Balaban J connectivity index is 2.95. The number of alkyl carbamates (subject to hydrolysis) is 1. The van der Waals surface area contributed by atoms with Gasteiger partial charge in [-0.15, -0.1) is 0 Å². The summed E-state index contributed by atoms with van der Waals surface area (Å²) >= 11 is 16.7. The zero-order valence-corrected chi connectivity index (χ0v) is 23.4. The Morgan fingerprint density at radius 2 is 1.73 bits per heavy atom. The van der Waals surface area contributed by atoms with Gasteiger partial charge in [0.05, 0.1) is 6.61 Å². The van der Waals surface area contributed by atoms with E-state index in [2.05, 4.69) is 20.8 Å². The third kappa shape index (κ3) is 13.1. The Morgan fingerprint density at radius 1 is 1.11 bits per heavy atom. The number of nitrogens with one attached hydrogen (secondary N) is 3. The molecule has 1 heterocycles. The van der Waals surface area contributed by atoms with Crippen molar-refractivity contribution in [2.75, 3.05) is 19.8 Å². The van der Waals surface area contributed by atoms with Crippen molar-refractivity contribution < 1.29 is 42.2 Å². The molecule has 16 heteroatoms. The maximum atomic E-state index is 13.1. The fourth-order valence-corrected chi connectivity index (χ4v) is 3.30. The van der Waals surface area contributed by atoms with Gasteiger partial charge in [0.1, 0.15) is 30.3 Å². The molecule has 0 radical (unpaired) electrons. The first-order chi connectivity index (χ1) is 16.9. The number of carbonyl (C=O) groups is 4. The van der Waals surface area contributed by atoms with Crippen LogP contribution in [0, 0.1) is 5.92 Å². The van der Waals surface area contributed by atoms with Crippen LogP contribution in [0.2, 0.25) is 0 Å². The van der Waals surface area contributed by atoms with Gasteiger partial charge < -0.3 is 24.8 Å². The fraction of sp³-hybridized carbons (Fsp3) is 0.810. The third-order valence-electron chi connectivity index (χ3n) is 4.74. The monoisotopic (exact) mass is 596 g/mol. The van der Waals surface area contributed by atoms with Gasteiger partial charge in [-0.05, 0) is 39.5 Å². The molecule has 3 atom stereocenters. The number of alkyl halides is 5. The normalized spacial score (nSPS) is 18.3. The van der Waals surface area contributed by atoms with Crippen LogP contribution < -0.4 is 16.1 Å². The third-order valence-corrected chi connectivity index (χ3v) is 5.07. The molecular formula is C21H33Cl3F2N4O7. The summed E-state index contributed by atoms with van der Waals surface area (Å²) in [7, 11) is 0. The van der Waals surface area contributed by atoms with E-state index in [1.807, 2.05) is 0 Å². The molecule has 1 rings (SSSR count). The van der Waals surface area contributed by atoms with Gasteiger partial charge in [0.25, 0.3) is 5.91 Å². The second kappa shape index (κ2) is 14.5. The van der Waals surface area contributed by atoms with Crippen LogP contribution in [0.5, 0.6) is 0 Å². The van der Waals surface area contributed by atoms with Crippen molar-refractivity contribution in [1.29, 1.82) is 0 Å². The number of carbonyl (C=O) groups excluding carboxylic acids is 4. The average Bonchev–Trinajstić information content (AvgIpc) is 2.76. The van der Waals surface area contributed by atoms with Gasteiger partial charge in [-0.1, -0.05) is 48.7 Å². The lowest BCUT2D eigenvalue weighted by atomic mass is 10.0. The molecule has 0 aliphatic carbocycles. The lowest BCUT2D eigenvalue weighted by Gasteiger charge is -2.35. The van der Waals surface area contributed by atoms with Gasteiger partial charge in [0.2, 0.25) is 9.70 Å². The molecule has 0 saturated carbocycles. The molecule has 3 unspecified atom stereocenters. The minimum Gasteiger partial charge on any atom is -0.460 e. The summed E-state index contributed by atoms with van der Waals surface area (Å²) in [6.45, 7) is 3.66. The number of esters is 1. The molecular weight excluding hydrogens is 565 g/mol. The number of hydrogen-bond acceptors (Lipinski definition) is 8. The number of rotatable bonds is 10. The predicted octanol–water partition coefficient (Wildman–Crippen LogP) is 2.67. The summed E-state index contributed by atoms with van der Waals surface area (Å²) in [5.41, 5.74) is 1.81. The van der Waals surface area contributed by atoms with E-state index in [4.69, 9.17) is 44.3 Å². The molecule has 1 aliphatic heterocycles. The highest BCUT2D eigenvalue weighted by Gasteiger charge is 2.36. The molecule has 214 valence electrons. The van der Waals surface area contributed by atoms with E-state index in [9.17, 15) is 28.0 Å². The average molecular weight is 598 g/mol. The molecule has 1 saturated heterocycles. The highest BCUT2D eigenvalue weighted by atomic mass is 35.6. The van der Waals surface area contributed by atoms with Crippen LogP contribution in [0.15, 0.2) is 0 Å². The van der Waals surface area contributed by atoms with Gasteiger partial charge in [0.15, 0.2) is 0 Å². The number of nitrogens with zero attached hydrogens (tertiary/aromatic N) is 1. The van der Waals surface area contributed by atoms with E-state index in [0.29, 0.717) is 6.42 Å². The molecule has 0 bridgehead atoms. The molecule has 3 N–H and O–H groups in total. The summed E-state index contributed by atoms with van der Waals surface area (Å²) in [5, 5.41) is 5.75. The van der Waals surface area contributed by atoms with Crippen LogP contribution in [0.25, 0.3) is 0 Å². The topological polar surface area (TPSA) is 135 Å². The minimum absolute atomic E-state index is 0.0951. The highest BCUT2D eigenvalue weighted by molar-refractivity contribution is 6.67. The van der Waals surface area contributed by atoms with E-state index < -0.39 is 77.1 Å². The summed E-state index contributed by atoms with van der Waals surface area (Å²) in [5.74, 6) is -2.93.